The monoisotopic (exact) mass is 258 g/mol. The molecule has 0 heterocycles. The van der Waals surface area contributed by atoms with Crippen LogP contribution in [0.2, 0.25) is 0 Å². The van der Waals surface area contributed by atoms with Crippen LogP contribution in [0.1, 0.15) is 72.6 Å². The summed E-state index contributed by atoms with van der Waals surface area (Å²) in [5.41, 5.74) is 6.65. The van der Waals surface area contributed by atoms with Gasteiger partial charge < -0.3 is 0 Å². The lowest BCUT2D eigenvalue weighted by molar-refractivity contribution is 0.325. The molecule has 0 heteroatoms. The van der Waals surface area contributed by atoms with Crippen LogP contribution in [-0.4, -0.2) is 0 Å². The fourth-order valence-electron chi connectivity index (χ4n) is 3.83. The lowest BCUT2D eigenvalue weighted by Crippen LogP contribution is -2.19. The minimum absolute atomic E-state index is 0.872. The summed E-state index contributed by atoms with van der Waals surface area (Å²) >= 11 is 0. The van der Waals surface area contributed by atoms with E-state index >= 15 is 0 Å². The molecule has 19 heavy (non-hydrogen) atoms. The van der Waals surface area contributed by atoms with Gasteiger partial charge in [-0.3, -0.25) is 0 Å². The van der Waals surface area contributed by atoms with Crippen molar-refractivity contribution in [3.63, 3.8) is 0 Å². The smallest absolute Gasteiger partial charge is 0.0197 e. The molecule has 0 aromatic rings. The Morgan fingerprint density at radius 1 is 1.16 bits per heavy atom. The molecule has 1 fully saturated rings. The van der Waals surface area contributed by atoms with Gasteiger partial charge >= 0.3 is 0 Å². The molecule has 2 aliphatic rings. The van der Waals surface area contributed by atoms with Gasteiger partial charge in [0.1, 0.15) is 0 Å². The van der Waals surface area contributed by atoms with Gasteiger partial charge in [-0.2, -0.15) is 0 Å². The first-order valence-corrected chi connectivity index (χ1v) is 8.15. The molecular weight excluding hydrogens is 228 g/mol. The summed E-state index contributed by atoms with van der Waals surface area (Å²) in [7, 11) is 0. The number of hydrogen-bond donors (Lipinski definition) is 0. The Morgan fingerprint density at radius 3 is 2.42 bits per heavy atom. The molecule has 1 saturated carbocycles. The second-order valence-corrected chi connectivity index (χ2v) is 6.51. The molecule has 106 valence electrons. The van der Waals surface area contributed by atoms with Crippen LogP contribution in [0, 0.1) is 11.8 Å². The Labute approximate surface area is 119 Å². The molecule has 0 amide bonds. The van der Waals surface area contributed by atoms with Crippen molar-refractivity contribution in [2.24, 2.45) is 11.8 Å². The maximum Gasteiger partial charge on any atom is -0.0197 e. The molecule has 0 atom stereocenters. The zero-order valence-electron chi connectivity index (χ0n) is 13.3. The summed E-state index contributed by atoms with van der Waals surface area (Å²) < 4.78 is 0. The SMILES string of the molecule is CC/C(C)=C(\C)C1CCC(C2=C(C)C=CCC2)CC1. The first-order valence-electron chi connectivity index (χ1n) is 8.15. The van der Waals surface area contributed by atoms with Gasteiger partial charge in [0.05, 0.1) is 0 Å². The average Bonchev–Trinajstić information content (AvgIpc) is 2.46. The topological polar surface area (TPSA) is 0 Å². The minimum atomic E-state index is 0.872. The van der Waals surface area contributed by atoms with Crippen LogP contribution in [0.5, 0.6) is 0 Å². The van der Waals surface area contributed by atoms with Crippen LogP contribution in [0.3, 0.4) is 0 Å². The van der Waals surface area contributed by atoms with E-state index in [1.54, 1.807) is 22.3 Å². The molecule has 0 nitrogen and oxygen atoms in total. The molecule has 2 aliphatic carbocycles. The van der Waals surface area contributed by atoms with E-state index in [0.29, 0.717) is 0 Å². The highest BCUT2D eigenvalue weighted by Gasteiger charge is 2.26. The molecule has 2 rings (SSSR count). The van der Waals surface area contributed by atoms with Crippen molar-refractivity contribution >= 4 is 0 Å². The van der Waals surface area contributed by atoms with Crippen LogP contribution in [0.25, 0.3) is 0 Å². The van der Waals surface area contributed by atoms with Crippen molar-refractivity contribution in [1.82, 2.24) is 0 Å². The highest BCUT2D eigenvalue weighted by Crippen LogP contribution is 2.40. The molecule has 0 bridgehead atoms. The third kappa shape index (κ3) is 3.41. The fourth-order valence-corrected chi connectivity index (χ4v) is 3.83. The molecule has 0 aromatic heterocycles. The maximum atomic E-state index is 2.37. The lowest BCUT2D eigenvalue weighted by Gasteiger charge is -2.33. The molecule has 0 aromatic carbocycles. The zero-order valence-corrected chi connectivity index (χ0v) is 13.3. The minimum Gasteiger partial charge on any atom is -0.0840 e. The Bertz CT molecular complexity index is 398. The molecule has 0 unspecified atom stereocenters. The predicted octanol–water partition coefficient (Wildman–Crippen LogP) is 6.21. The predicted molar refractivity (Wildman–Crippen MR) is 85.2 cm³/mol. The van der Waals surface area contributed by atoms with Crippen molar-refractivity contribution in [3.8, 4) is 0 Å². The maximum absolute atomic E-state index is 2.37. The Hall–Kier alpha value is -0.780. The van der Waals surface area contributed by atoms with E-state index in [9.17, 15) is 0 Å². The standard InChI is InChI=1S/C19H30/c1-5-14(2)16(4)17-10-12-18(13-11-17)19-9-7-6-8-15(19)3/h6,8,17-18H,5,7,9-13H2,1-4H3/b16-14+. The molecule has 0 aliphatic heterocycles. The van der Waals surface area contributed by atoms with Gasteiger partial charge in [-0.05, 0) is 77.6 Å². The lowest BCUT2D eigenvalue weighted by atomic mass is 9.73. The van der Waals surface area contributed by atoms with E-state index in [-0.39, 0.29) is 0 Å². The third-order valence-electron chi connectivity index (χ3n) is 5.49. The van der Waals surface area contributed by atoms with Gasteiger partial charge in [-0.15, -0.1) is 0 Å². The van der Waals surface area contributed by atoms with Gasteiger partial charge in [-0.25, -0.2) is 0 Å². The summed E-state index contributed by atoms with van der Waals surface area (Å²) in [6.07, 6.45) is 14.1. The first-order chi connectivity index (χ1) is 9.13. The fraction of sp³-hybridized carbons (Fsp3) is 0.684. The highest BCUT2D eigenvalue weighted by atomic mass is 14.3. The van der Waals surface area contributed by atoms with Crippen LogP contribution < -0.4 is 0 Å². The summed E-state index contributed by atoms with van der Waals surface area (Å²) in [5, 5.41) is 0. The Balaban J connectivity index is 1.98. The van der Waals surface area contributed by atoms with Crippen LogP contribution >= 0.6 is 0 Å². The number of hydrogen-bond acceptors (Lipinski definition) is 0. The molecule has 0 spiro atoms. The van der Waals surface area contributed by atoms with Crippen molar-refractivity contribution in [3.05, 3.63) is 34.4 Å². The van der Waals surface area contributed by atoms with Gasteiger partial charge in [-0.1, -0.05) is 41.4 Å². The quantitative estimate of drug-likeness (QED) is 0.528. The van der Waals surface area contributed by atoms with E-state index in [0.717, 1.165) is 11.8 Å². The first kappa shape index (κ1) is 14.6. The summed E-state index contributed by atoms with van der Waals surface area (Å²) in [4.78, 5) is 0. The third-order valence-corrected chi connectivity index (χ3v) is 5.49. The van der Waals surface area contributed by atoms with Crippen molar-refractivity contribution in [2.75, 3.05) is 0 Å². The zero-order chi connectivity index (χ0) is 13.8. The van der Waals surface area contributed by atoms with Crippen LogP contribution in [0.4, 0.5) is 0 Å². The number of rotatable bonds is 3. The Kier molecular flexibility index (Phi) is 5.07. The second-order valence-electron chi connectivity index (χ2n) is 6.51. The van der Waals surface area contributed by atoms with Gasteiger partial charge in [0.15, 0.2) is 0 Å². The molecule has 0 radical (unpaired) electrons. The molecule has 0 N–H and O–H groups in total. The highest BCUT2D eigenvalue weighted by molar-refractivity contribution is 5.29. The van der Waals surface area contributed by atoms with Gasteiger partial charge in [0.2, 0.25) is 0 Å². The summed E-state index contributed by atoms with van der Waals surface area (Å²) in [6.45, 7) is 9.29. The molecule has 0 saturated heterocycles. The normalized spacial score (nSPS) is 29.5. The van der Waals surface area contributed by atoms with Crippen molar-refractivity contribution in [2.45, 2.75) is 72.6 Å². The van der Waals surface area contributed by atoms with Gasteiger partial charge in [0.25, 0.3) is 0 Å². The summed E-state index contributed by atoms with van der Waals surface area (Å²) in [5.74, 6) is 1.76. The van der Waals surface area contributed by atoms with E-state index in [1.807, 2.05) is 0 Å². The largest absolute Gasteiger partial charge is 0.0840 e. The van der Waals surface area contributed by atoms with Crippen LogP contribution in [0.15, 0.2) is 34.4 Å². The molecular formula is C19H30. The van der Waals surface area contributed by atoms with Crippen LogP contribution in [-0.2, 0) is 0 Å². The van der Waals surface area contributed by atoms with Gasteiger partial charge in [0, 0.05) is 0 Å². The van der Waals surface area contributed by atoms with E-state index in [2.05, 4.69) is 39.8 Å². The number of allylic oxidation sites excluding steroid dienone is 6. The Morgan fingerprint density at radius 2 is 1.84 bits per heavy atom. The van der Waals surface area contributed by atoms with Crippen molar-refractivity contribution in [1.29, 1.82) is 0 Å². The van der Waals surface area contributed by atoms with E-state index in [4.69, 9.17) is 0 Å². The van der Waals surface area contributed by atoms with Crippen molar-refractivity contribution < 1.29 is 0 Å². The van der Waals surface area contributed by atoms with E-state index in [1.165, 1.54) is 44.9 Å². The van der Waals surface area contributed by atoms with E-state index < -0.39 is 0 Å². The second kappa shape index (κ2) is 6.59. The average molecular weight is 258 g/mol. The summed E-state index contributed by atoms with van der Waals surface area (Å²) in [6, 6.07) is 0.